The third-order valence-electron chi connectivity index (χ3n) is 4.57. The normalized spacial score (nSPS) is 30.2. The zero-order chi connectivity index (χ0) is 13.5. The lowest BCUT2D eigenvalue weighted by atomic mass is 9.89. The number of nitrogens with zero attached hydrogens (tertiary/aromatic N) is 3. The average molecular weight is 289 g/mol. The molecule has 1 fully saturated rings. The van der Waals surface area contributed by atoms with Gasteiger partial charge in [0.2, 0.25) is 0 Å². The van der Waals surface area contributed by atoms with Crippen LogP contribution in [0.1, 0.15) is 38.5 Å². The van der Waals surface area contributed by atoms with Crippen LogP contribution in [-0.4, -0.2) is 41.3 Å². The first kappa shape index (κ1) is 12.8. The monoisotopic (exact) mass is 289 g/mol. The van der Waals surface area contributed by atoms with E-state index in [0.29, 0.717) is 0 Å². The summed E-state index contributed by atoms with van der Waals surface area (Å²) in [6, 6.07) is 0. The van der Waals surface area contributed by atoms with E-state index in [1.165, 1.54) is 36.2 Å². The fraction of sp³-hybridized carbons (Fsp3) is 0.667. The molecule has 4 aliphatic rings. The molecule has 0 saturated carbocycles. The van der Waals surface area contributed by atoms with Gasteiger partial charge in [0.25, 0.3) is 5.91 Å². The molecule has 3 heterocycles. The quantitative estimate of drug-likeness (QED) is 0.785. The van der Waals surface area contributed by atoms with Crippen LogP contribution in [0.2, 0.25) is 0 Å². The molecule has 0 radical (unpaired) electrons. The maximum absolute atomic E-state index is 12.4. The Labute approximate surface area is 123 Å². The first-order valence-corrected chi connectivity index (χ1v) is 8.45. The van der Waals surface area contributed by atoms with Gasteiger partial charge in [-0.1, -0.05) is 11.8 Å². The third kappa shape index (κ3) is 2.17. The Bertz CT molecular complexity index is 543. The van der Waals surface area contributed by atoms with Crippen molar-refractivity contribution in [2.24, 2.45) is 15.9 Å². The van der Waals surface area contributed by atoms with Crippen molar-refractivity contribution in [1.82, 2.24) is 4.90 Å². The number of carbonyl (C=O) groups excluding carboxylic acids is 1. The number of likely N-dealkylation sites (tertiary alicyclic amines) is 1. The zero-order valence-corrected chi connectivity index (χ0v) is 12.4. The standard InChI is InChI=1S/C15H19N3OS/c19-14-13-10-5-1-2-6-11(10)20-15(13)17-12(16-14)9-18-7-3-4-8-18/h13H,1-9H2. The van der Waals surface area contributed by atoms with Crippen molar-refractivity contribution >= 4 is 28.5 Å². The molecule has 3 aliphatic heterocycles. The maximum atomic E-state index is 12.4. The lowest BCUT2D eigenvalue weighted by molar-refractivity contribution is -0.118. The van der Waals surface area contributed by atoms with Crippen molar-refractivity contribution in [3.63, 3.8) is 0 Å². The second-order valence-corrected chi connectivity index (χ2v) is 7.11. The van der Waals surface area contributed by atoms with Gasteiger partial charge in [0.05, 0.1) is 11.6 Å². The molecule has 1 aliphatic carbocycles. The van der Waals surface area contributed by atoms with E-state index in [0.717, 1.165) is 43.4 Å². The summed E-state index contributed by atoms with van der Waals surface area (Å²) in [5.74, 6) is 0.650. The highest BCUT2D eigenvalue weighted by Gasteiger charge is 2.40. The first-order chi connectivity index (χ1) is 9.81. The molecule has 106 valence electrons. The van der Waals surface area contributed by atoms with Crippen LogP contribution in [0.4, 0.5) is 0 Å². The Morgan fingerprint density at radius 2 is 1.90 bits per heavy atom. The number of amidine groups is 1. The van der Waals surface area contributed by atoms with Crippen LogP contribution in [0, 0.1) is 5.92 Å². The lowest BCUT2D eigenvalue weighted by Crippen LogP contribution is -2.32. The highest BCUT2D eigenvalue weighted by molar-refractivity contribution is 8.17. The van der Waals surface area contributed by atoms with E-state index in [1.807, 2.05) is 0 Å². The van der Waals surface area contributed by atoms with E-state index >= 15 is 0 Å². The molecule has 4 nitrogen and oxygen atoms in total. The molecule has 1 saturated heterocycles. The minimum absolute atomic E-state index is 0.0311. The molecule has 20 heavy (non-hydrogen) atoms. The Kier molecular flexibility index (Phi) is 3.27. The first-order valence-electron chi connectivity index (χ1n) is 7.63. The van der Waals surface area contributed by atoms with Crippen molar-refractivity contribution in [2.75, 3.05) is 19.6 Å². The molecule has 0 aromatic heterocycles. The van der Waals surface area contributed by atoms with E-state index in [9.17, 15) is 4.79 Å². The summed E-state index contributed by atoms with van der Waals surface area (Å²) in [6.45, 7) is 2.97. The fourth-order valence-corrected chi connectivity index (χ4v) is 4.92. The summed E-state index contributed by atoms with van der Waals surface area (Å²) in [6.07, 6.45) is 7.16. The second-order valence-electron chi connectivity index (χ2n) is 5.99. The number of allylic oxidation sites excluding steroid dienone is 1. The molecule has 0 N–H and O–H groups in total. The van der Waals surface area contributed by atoms with Gasteiger partial charge < -0.3 is 0 Å². The zero-order valence-electron chi connectivity index (χ0n) is 11.6. The van der Waals surface area contributed by atoms with Gasteiger partial charge in [-0.2, -0.15) is 4.99 Å². The Morgan fingerprint density at radius 3 is 2.75 bits per heavy atom. The Morgan fingerprint density at radius 1 is 1.10 bits per heavy atom. The average Bonchev–Trinajstić information content (AvgIpc) is 3.05. The van der Waals surface area contributed by atoms with Gasteiger partial charge >= 0.3 is 0 Å². The number of thioether (sulfide) groups is 1. The van der Waals surface area contributed by atoms with Gasteiger partial charge in [0, 0.05) is 0 Å². The van der Waals surface area contributed by atoms with E-state index in [1.54, 1.807) is 11.8 Å². The highest BCUT2D eigenvalue weighted by atomic mass is 32.2. The summed E-state index contributed by atoms with van der Waals surface area (Å²) in [4.78, 5) is 25.1. The number of carbonyl (C=O) groups is 1. The third-order valence-corrected chi connectivity index (χ3v) is 5.82. The molecule has 0 spiro atoms. The van der Waals surface area contributed by atoms with Crippen molar-refractivity contribution in [1.29, 1.82) is 0 Å². The van der Waals surface area contributed by atoms with Gasteiger partial charge in [0.15, 0.2) is 0 Å². The smallest absolute Gasteiger partial charge is 0.261 e. The van der Waals surface area contributed by atoms with Crippen molar-refractivity contribution < 1.29 is 4.79 Å². The summed E-state index contributed by atoms with van der Waals surface area (Å²) in [7, 11) is 0. The van der Waals surface area contributed by atoms with Crippen LogP contribution >= 0.6 is 11.8 Å². The Hall–Kier alpha value is -0.940. The van der Waals surface area contributed by atoms with Gasteiger partial charge in [-0.3, -0.25) is 9.69 Å². The summed E-state index contributed by atoms with van der Waals surface area (Å²) < 4.78 is 0. The number of hydrogen-bond donors (Lipinski definition) is 0. The van der Waals surface area contributed by atoms with E-state index in [4.69, 9.17) is 4.99 Å². The van der Waals surface area contributed by atoms with Crippen LogP contribution in [-0.2, 0) is 4.79 Å². The van der Waals surface area contributed by atoms with Gasteiger partial charge in [-0.05, 0) is 62.1 Å². The van der Waals surface area contributed by atoms with Crippen LogP contribution in [0.25, 0.3) is 0 Å². The maximum Gasteiger partial charge on any atom is 0.261 e. The molecule has 1 atom stereocenters. The fourth-order valence-electron chi connectivity index (χ4n) is 3.55. The van der Waals surface area contributed by atoms with E-state index in [-0.39, 0.29) is 11.8 Å². The molecule has 5 heteroatoms. The minimum Gasteiger partial charge on any atom is -0.296 e. The number of hydrogen-bond acceptors (Lipinski definition) is 4. The van der Waals surface area contributed by atoms with Crippen molar-refractivity contribution in [2.45, 2.75) is 38.5 Å². The predicted octanol–water partition coefficient (Wildman–Crippen LogP) is 2.61. The van der Waals surface area contributed by atoms with Crippen molar-refractivity contribution in [3.05, 3.63) is 10.5 Å². The summed E-state index contributed by atoms with van der Waals surface area (Å²) in [5, 5.41) is 1.01. The van der Waals surface area contributed by atoms with Gasteiger partial charge in [0.1, 0.15) is 11.8 Å². The largest absolute Gasteiger partial charge is 0.296 e. The molecule has 1 unspecified atom stereocenters. The van der Waals surface area contributed by atoms with Crippen molar-refractivity contribution in [3.8, 4) is 0 Å². The van der Waals surface area contributed by atoms with Crippen LogP contribution in [0.15, 0.2) is 20.5 Å². The molecule has 0 bridgehead atoms. The van der Waals surface area contributed by atoms with Crippen LogP contribution in [0.3, 0.4) is 0 Å². The number of fused-ring (bicyclic) bond motifs is 2. The molecular weight excluding hydrogens is 270 g/mol. The molecule has 4 rings (SSSR count). The number of amides is 1. The van der Waals surface area contributed by atoms with Crippen LogP contribution < -0.4 is 0 Å². The van der Waals surface area contributed by atoms with E-state index < -0.39 is 0 Å². The number of aliphatic imine (C=N–C) groups is 2. The van der Waals surface area contributed by atoms with Crippen LogP contribution in [0.5, 0.6) is 0 Å². The van der Waals surface area contributed by atoms with E-state index in [2.05, 4.69) is 9.89 Å². The van der Waals surface area contributed by atoms with Gasteiger partial charge in [-0.25, -0.2) is 4.99 Å². The molecule has 0 aromatic rings. The SMILES string of the molecule is O=C1N=C(CN2CCCC2)N=C2SC3=C(CCCC3)C12. The molecule has 0 aromatic carbocycles. The summed E-state index contributed by atoms with van der Waals surface area (Å²) in [5.41, 5.74) is 1.33. The lowest BCUT2D eigenvalue weighted by Gasteiger charge is -2.20. The topological polar surface area (TPSA) is 45.0 Å². The minimum atomic E-state index is -0.113. The molecular formula is C15H19N3OS. The molecule has 1 amide bonds. The Balaban J connectivity index is 1.55. The predicted molar refractivity (Wildman–Crippen MR) is 82.1 cm³/mol. The number of rotatable bonds is 2. The second kappa shape index (κ2) is 5.11. The van der Waals surface area contributed by atoms with Gasteiger partial charge in [-0.15, -0.1) is 0 Å². The summed E-state index contributed by atoms with van der Waals surface area (Å²) >= 11 is 1.75. The highest BCUT2D eigenvalue weighted by Crippen LogP contribution is 2.47.